The number of hydrogen-bond acceptors (Lipinski definition) is 7. The first-order valence-corrected chi connectivity index (χ1v) is 10.9. The van der Waals surface area contributed by atoms with Crippen LogP contribution in [0, 0.1) is 6.92 Å². The third kappa shape index (κ3) is 4.31. The van der Waals surface area contributed by atoms with Crippen molar-refractivity contribution in [2.24, 2.45) is 0 Å². The summed E-state index contributed by atoms with van der Waals surface area (Å²) >= 11 is 0. The molecule has 3 heterocycles. The van der Waals surface area contributed by atoms with Crippen molar-refractivity contribution >= 4 is 28.6 Å². The van der Waals surface area contributed by atoms with Crippen LogP contribution in [0.1, 0.15) is 21.6 Å². The van der Waals surface area contributed by atoms with E-state index in [-0.39, 0.29) is 18.9 Å². The molecule has 0 radical (unpaired) electrons. The lowest BCUT2D eigenvalue weighted by atomic mass is 10.1. The van der Waals surface area contributed by atoms with Crippen molar-refractivity contribution in [2.45, 2.75) is 13.3 Å². The molecule has 35 heavy (non-hydrogen) atoms. The van der Waals surface area contributed by atoms with Gasteiger partial charge in [-0.1, -0.05) is 12.1 Å². The Morgan fingerprint density at radius 1 is 1.09 bits per heavy atom. The van der Waals surface area contributed by atoms with Gasteiger partial charge in [-0.3, -0.25) is 14.2 Å². The van der Waals surface area contributed by atoms with E-state index in [0.29, 0.717) is 39.9 Å². The number of ether oxygens (including phenoxy) is 2. The molecule has 5 rings (SSSR count). The number of aliphatic carboxylic acids is 1. The quantitative estimate of drug-likeness (QED) is 0.454. The van der Waals surface area contributed by atoms with Crippen LogP contribution in [0.3, 0.4) is 0 Å². The zero-order chi connectivity index (χ0) is 24.5. The molecule has 0 atom stereocenters. The summed E-state index contributed by atoms with van der Waals surface area (Å²) < 4.78 is 13.2. The van der Waals surface area contributed by atoms with Crippen LogP contribution in [0.4, 0.5) is 5.82 Å². The first kappa shape index (κ1) is 22.1. The van der Waals surface area contributed by atoms with Gasteiger partial charge in [0.1, 0.15) is 12.4 Å². The Morgan fingerprint density at radius 2 is 1.86 bits per heavy atom. The normalized spacial score (nSPS) is 12.6. The van der Waals surface area contributed by atoms with Crippen LogP contribution in [0.25, 0.3) is 10.9 Å². The lowest BCUT2D eigenvalue weighted by molar-refractivity contribution is -0.136. The molecule has 2 aromatic heterocycles. The number of benzene rings is 2. The molecule has 0 spiro atoms. The molecular formula is C26H22N4O5. The molecule has 0 bridgehead atoms. The molecule has 0 aliphatic carbocycles. The van der Waals surface area contributed by atoms with Crippen molar-refractivity contribution in [1.82, 2.24) is 14.5 Å². The van der Waals surface area contributed by atoms with Gasteiger partial charge in [0.05, 0.1) is 11.9 Å². The highest BCUT2D eigenvalue weighted by atomic mass is 16.5. The zero-order valence-electron chi connectivity index (χ0n) is 19.1. The van der Waals surface area contributed by atoms with Gasteiger partial charge in [0, 0.05) is 42.3 Å². The Kier molecular flexibility index (Phi) is 5.66. The van der Waals surface area contributed by atoms with Gasteiger partial charge in [-0.05, 0) is 48.9 Å². The Labute approximate surface area is 200 Å². The largest absolute Gasteiger partial charge is 0.486 e. The van der Waals surface area contributed by atoms with Crippen LogP contribution < -0.4 is 14.4 Å². The fourth-order valence-electron chi connectivity index (χ4n) is 4.11. The Hall–Kier alpha value is -4.66. The highest BCUT2D eigenvalue weighted by molar-refractivity contribution is 6.04. The predicted molar refractivity (Wildman–Crippen MR) is 129 cm³/mol. The Morgan fingerprint density at radius 3 is 2.63 bits per heavy atom. The second-order valence-corrected chi connectivity index (χ2v) is 8.15. The number of fused-ring (bicyclic) bond motifs is 2. The summed E-state index contributed by atoms with van der Waals surface area (Å²) in [5.41, 5.74) is 2.57. The molecule has 9 nitrogen and oxygen atoms in total. The van der Waals surface area contributed by atoms with Gasteiger partial charge < -0.3 is 19.5 Å². The SMILES string of the molecule is Cc1cc2c(CC(=O)O)cccc2n1C(=O)c1ccc(OCC2=CN(C)c3nccnc3O2)cc1. The maximum absolute atomic E-state index is 13.3. The number of anilines is 1. The van der Waals surface area contributed by atoms with E-state index in [9.17, 15) is 14.7 Å². The van der Waals surface area contributed by atoms with E-state index in [2.05, 4.69) is 9.97 Å². The molecular weight excluding hydrogens is 448 g/mol. The lowest BCUT2D eigenvalue weighted by Gasteiger charge is -2.23. The van der Waals surface area contributed by atoms with E-state index in [0.717, 1.165) is 11.1 Å². The van der Waals surface area contributed by atoms with Crippen LogP contribution in [-0.2, 0) is 11.2 Å². The van der Waals surface area contributed by atoms with Gasteiger partial charge in [-0.2, -0.15) is 0 Å². The van der Waals surface area contributed by atoms with E-state index in [1.54, 1.807) is 59.6 Å². The van der Waals surface area contributed by atoms with Gasteiger partial charge in [0.2, 0.25) is 0 Å². The highest BCUT2D eigenvalue weighted by Crippen LogP contribution is 2.29. The lowest BCUT2D eigenvalue weighted by Crippen LogP contribution is -2.22. The minimum Gasteiger partial charge on any atom is -0.486 e. The van der Waals surface area contributed by atoms with Crippen molar-refractivity contribution in [3.63, 3.8) is 0 Å². The van der Waals surface area contributed by atoms with E-state index in [1.165, 1.54) is 0 Å². The highest BCUT2D eigenvalue weighted by Gasteiger charge is 2.20. The van der Waals surface area contributed by atoms with Crippen LogP contribution in [-0.4, -0.2) is 45.2 Å². The summed E-state index contributed by atoms with van der Waals surface area (Å²) in [4.78, 5) is 34.8. The minimum absolute atomic E-state index is 0.102. The zero-order valence-corrected chi connectivity index (χ0v) is 19.1. The Bertz CT molecular complexity index is 1470. The molecule has 0 saturated carbocycles. The third-order valence-corrected chi connectivity index (χ3v) is 5.69. The average molecular weight is 470 g/mol. The number of aryl methyl sites for hydroxylation is 1. The van der Waals surface area contributed by atoms with E-state index >= 15 is 0 Å². The number of hydrogen-bond donors (Lipinski definition) is 1. The fourth-order valence-corrected chi connectivity index (χ4v) is 4.11. The monoisotopic (exact) mass is 470 g/mol. The third-order valence-electron chi connectivity index (χ3n) is 5.69. The molecule has 1 aliphatic rings. The number of nitrogens with zero attached hydrogens (tertiary/aromatic N) is 4. The summed E-state index contributed by atoms with van der Waals surface area (Å²) in [7, 11) is 1.86. The van der Waals surface area contributed by atoms with Crippen molar-refractivity contribution in [3.8, 4) is 11.6 Å². The molecule has 0 unspecified atom stereocenters. The number of rotatable bonds is 6. The molecule has 0 saturated heterocycles. The molecule has 1 N–H and O–H groups in total. The van der Waals surface area contributed by atoms with Crippen molar-refractivity contribution in [3.05, 3.63) is 89.7 Å². The maximum atomic E-state index is 13.3. The van der Waals surface area contributed by atoms with E-state index < -0.39 is 5.97 Å². The van der Waals surface area contributed by atoms with Crippen molar-refractivity contribution in [2.75, 3.05) is 18.6 Å². The summed E-state index contributed by atoms with van der Waals surface area (Å²) in [6, 6.07) is 14.1. The number of carbonyl (C=O) groups is 2. The summed E-state index contributed by atoms with van der Waals surface area (Å²) in [5.74, 6) is 1.08. The van der Waals surface area contributed by atoms with Gasteiger partial charge in [-0.25, -0.2) is 9.97 Å². The summed E-state index contributed by atoms with van der Waals surface area (Å²) in [6.07, 6.45) is 4.85. The summed E-state index contributed by atoms with van der Waals surface area (Å²) in [5, 5.41) is 9.96. The second kappa shape index (κ2) is 8.94. The number of aromatic nitrogens is 3. The van der Waals surface area contributed by atoms with Crippen molar-refractivity contribution in [1.29, 1.82) is 0 Å². The standard InChI is InChI=1S/C26H22N4O5/c1-16-12-21-18(13-23(31)32)4-3-5-22(21)30(16)26(33)17-6-8-19(9-7-17)34-15-20-14-29(2)24-25(35-20)28-11-10-27-24/h3-12,14H,13,15H2,1-2H3,(H,31,32). The van der Waals surface area contributed by atoms with Gasteiger partial charge >= 0.3 is 5.97 Å². The maximum Gasteiger partial charge on any atom is 0.307 e. The first-order valence-electron chi connectivity index (χ1n) is 10.9. The first-order chi connectivity index (χ1) is 16.9. The molecule has 0 amide bonds. The van der Waals surface area contributed by atoms with Crippen LogP contribution in [0.2, 0.25) is 0 Å². The van der Waals surface area contributed by atoms with Crippen LogP contribution in [0.5, 0.6) is 11.6 Å². The van der Waals surface area contributed by atoms with E-state index in [1.807, 2.05) is 31.0 Å². The average Bonchev–Trinajstić information content (AvgIpc) is 3.19. The molecule has 176 valence electrons. The van der Waals surface area contributed by atoms with Gasteiger partial charge in [0.25, 0.3) is 11.8 Å². The van der Waals surface area contributed by atoms with Crippen LogP contribution in [0.15, 0.2) is 72.9 Å². The molecule has 2 aromatic carbocycles. The minimum atomic E-state index is -0.914. The number of carboxylic acids is 1. The van der Waals surface area contributed by atoms with Crippen LogP contribution >= 0.6 is 0 Å². The summed E-state index contributed by atoms with van der Waals surface area (Å²) in [6.45, 7) is 2.01. The fraction of sp³-hybridized carbons (Fsp3) is 0.154. The molecule has 0 fully saturated rings. The number of carboxylic acid groups (broad SMARTS) is 1. The smallest absolute Gasteiger partial charge is 0.307 e. The van der Waals surface area contributed by atoms with E-state index in [4.69, 9.17) is 9.47 Å². The number of carbonyl (C=O) groups excluding carboxylic acids is 1. The predicted octanol–water partition coefficient (Wildman–Crippen LogP) is 3.80. The van der Waals surface area contributed by atoms with Gasteiger partial charge in [-0.15, -0.1) is 0 Å². The molecule has 9 heteroatoms. The van der Waals surface area contributed by atoms with Gasteiger partial charge in [0.15, 0.2) is 11.6 Å². The molecule has 4 aromatic rings. The Balaban J connectivity index is 1.32. The topological polar surface area (TPSA) is 107 Å². The molecule has 1 aliphatic heterocycles. The second-order valence-electron chi connectivity index (χ2n) is 8.15. The van der Waals surface area contributed by atoms with Crippen molar-refractivity contribution < 1.29 is 24.2 Å².